The number of hydrogen-bond acceptors (Lipinski definition) is 5. The molecule has 1 amide bonds. The van der Waals surface area contributed by atoms with E-state index in [9.17, 15) is 13.6 Å². The first kappa shape index (κ1) is 22.6. The number of anilines is 1. The van der Waals surface area contributed by atoms with E-state index in [0.29, 0.717) is 18.7 Å². The molecule has 0 bridgehead atoms. The third-order valence-corrected chi connectivity index (χ3v) is 5.04. The summed E-state index contributed by atoms with van der Waals surface area (Å²) < 4.78 is 32.8. The van der Waals surface area contributed by atoms with Gasteiger partial charge in [0.15, 0.2) is 11.6 Å². The summed E-state index contributed by atoms with van der Waals surface area (Å²) in [5, 5.41) is 13.7. The van der Waals surface area contributed by atoms with Gasteiger partial charge < -0.3 is 9.84 Å². The molecule has 0 spiro atoms. The Morgan fingerprint density at radius 3 is 2.74 bits per heavy atom. The van der Waals surface area contributed by atoms with Crippen molar-refractivity contribution in [1.29, 1.82) is 0 Å². The fraction of sp³-hybridized carbons (Fsp3) is 0.304. The lowest BCUT2D eigenvalue weighted by atomic mass is 10.1. The van der Waals surface area contributed by atoms with Crippen LogP contribution in [0.2, 0.25) is 0 Å². The third kappa shape index (κ3) is 6.19. The standard InChI is InChI=1S/C23H25F2N3O3/c1-28(14-18-8-4-10-20(24)22(18)25)19(9-5-11-29)15-31-23(30)27-21-12-16-6-2-3-7-17(16)13-26-21/h2-4,6-8,10,12-13,19,29H,5,9,11,14-15H2,1H3,(H,26,27,30). The van der Waals surface area contributed by atoms with Crippen molar-refractivity contribution in [1.82, 2.24) is 9.88 Å². The maximum atomic E-state index is 14.0. The number of carbonyl (C=O) groups is 1. The summed E-state index contributed by atoms with van der Waals surface area (Å²) in [7, 11) is 1.73. The van der Waals surface area contributed by atoms with Gasteiger partial charge in [0.2, 0.25) is 0 Å². The van der Waals surface area contributed by atoms with Crippen molar-refractivity contribution in [3.05, 3.63) is 71.9 Å². The number of fused-ring (bicyclic) bond motifs is 1. The van der Waals surface area contributed by atoms with Crippen LogP contribution in [0.3, 0.4) is 0 Å². The number of carbonyl (C=O) groups excluding carboxylic acids is 1. The van der Waals surface area contributed by atoms with Crippen molar-refractivity contribution < 1.29 is 23.4 Å². The summed E-state index contributed by atoms with van der Waals surface area (Å²) in [6.45, 7) is 0.135. The van der Waals surface area contributed by atoms with E-state index in [-0.39, 0.29) is 31.4 Å². The largest absolute Gasteiger partial charge is 0.448 e. The number of benzene rings is 2. The van der Waals surface area contributed by atoms with E-state index in [1.807, 2.05) is 24.3 Å². The Morgan fingerprint density at radius 1 is 1.19 bits per heavy atom. The number of nitrogens with one attached hydrogen (secondary N) is 1. The summed E-state index contributed by atoms with van der Waals surface area (Å²) in [4.78, 5) is 18.2. The molecule has 164 valence electrons. The van der Waals surface area contributed by atoms with Gasteiger partial charge in [-0.05, 0) is 37.4 Å². The lowest BCUT2D eigenvalue weighted by Crippen LogP contribution is -2.37. The van der Waals surface area contributed by atoms with Gasteiger partial charge in [0.05, 0.1) is 0 Å². The van der Waals surface area contributed by atoms with Crippen molar-refractivity contribution in [2.45, 2.75) is 25.4 Å². The lowest BCUT2D eigenvalue weighted by Gasteiger charge is -2.28. The Kier molecular flexibility index (Phi) is 7.86. The van der Waals surface area contributed by atoms with Crippen molar-refractivity contribution in [3.8, 4) is 0 Å². The SMILES string of the molecule is CN(Cc1cccc(F)c1F)C(CCCO)COC(=O)Nc1cc2ccccc2cn1. The molecule has 3 aromatic rings. The van der Waals surface area contributed by atoms with Crippen molar-refractivity contribution in [2.75, 3.05) is 25.6 Å². The van der Waals surface area contributed by atoms with Gasteiger partial charge in [-0.25, -0.2) is 18.6 Å². The van der Waals surface area contributed by atoms with E-state index in [0.717, 1.165) is 16.8 Å². The summed E-state index contributed by atoms with van der Waals surface area (Å²) >= 11 is 0. The first-order valence-electron chi connectivity index (χ1n) is 10.0. The van der Waals surface area contributed by atoms with E-state index in [1.54, 1.807) is 24.2 Å². The third-order valence-electron chi connectivity index (χ3n) is 5.04. The molecule has 0 aliphatic heterocycles. The van der Waals surface area contributed by atoms with Crippen molar-refractivity contribution in [2.24, 2.45) is 0 Å². The topological polar surface area (TPSA) is 74.7 Å². The van der Waals surface area contributed by atoms with E-state index in [1.165, 1.54) is 12.1 Å². The number of pyridine rings is 1. The van der Waals surface area contributed by atoms with Gasteiger partial charge in [0, 0.05) is 36.3 Å². The van der Waals surface area contributed by atoms with Gasteiger partial charge in [0.25, 0.3) is 0 Å². The number of rotatable bonds is 9. The first-order chi connectivity index (χ1) is 15.0. The molecule has 0 saturated heterocycles. The van der Waals surface area contributed by atoms with Crippen LogP contribution in [0, 0.1) is 11.6 Å². The maximum absolute atomic E-state index is 14.0. The van der Waals surface area contributed by atoms with Crippen LogP contribution in [0.25, 0.3) is 10.8 Å². The lowest BCUT2D eigenvalue weighted by molar-refractivity contribution is 0.0984. The second-order valence-corrected chi connectivity index (χ2v) is 7.29. The molecule has 6 nitrogen and oxygen atoms in total. The second kappa shape index (κ2) is 10.8. The molecule has 0 fully saturated rings. The molecule has 1 atom stereocenters. The number of amides is 1. The van der Waals surface area contributed by atoms with Crippen LogP contribution in [0.4, 0.5) is 19.4 Å². The second-order valence-electron chi connectivity index (χ2n) is 7.29. The molecule has 0 aliphatic carbocycles. The number of halogens is 2. The zero-order valence-corrected chi connectivity index (χ0v) is 17.2. The molecule has 0 radical (unpaired) electrons. The molecule has 3 rings (SSSR count). The number of likely N-dealkylation sites (N-methyl/N-ethyl adjacent to an activating group) is 1. The Balaban J connectivity index is 1.60. The molecule has 1 unspecified atom stereocenters. The van der Waals surface area contributed by atoms with Gasteiger partial charge in [-0.1, -0.05) is 36.4 Å². The highest BCUT2D eigenvalue weighted by molar-refractivity contribution is 5.89. The molecular weight excluding hydrogens is 404 g/mol. The quantitative estimate of drug-likeness (QED) is 0.530. The van der Waals surface area contributed by atoms with Crippen LogP contribution < -0.4 is 5.32 Å². The molecular formula is C23H25F2N3O3. The van der Waals surface area contributed by atoms with E-state index in [2.05, 4.69) is 10.3 Å². The van der Waals surface area contributed by atoms with Crippen LogP contribution in [-0.2, 0) is 11.3 Å². The van der Waals surface area contributed by atoms with E-state index in [4.69, 9.17) is 9.84 Å². The summed E-state index contributed by atoms with van der Waals surface area (Å²) in [6, 6.07) is 13.1. The van der Waals surface area contributed by atoms with Gasteiger partial charge in [0.1, 0.15) is 12.4 Å². The molecule has 31 heavy (non-hydrogen) atoms. The minimum atomic E-state index is -0.906. The normalized spacial score (nSPS) is 12.2. The molecule has 0 saturated carbocycles. The molecule has 2 aromatic carbocycles. The highest BCUT2D eigenvalue weighted by atomic mass is 19.2. The number of aromatic nitrogens is 1. The summed E-state index contributed by atoms with van der Waals surface area (Å²) in [6.07, 6.45) is 2.00. The van der Waals surface area contributed by atoms with Crippen LogP contribution in [0.15, 0.2) is 54.7 Å². The van der Waals surface area contributed by atoms with Crippen molar-refractivity contribution in [3.63, 3.8) is 0 Å². The highest BCUT2D eigenvalue weighted by Gasteiger charge is 2.19. The smallest absolute Gasteiger partial charge is 0.412 e. The number of nitrogens with zero attached hydrogens (tertiary/aromatic N) is 2. The number of hydrogen-bond donors (Lipinski definition) is 2. The Bertz CT molecular complexity index is 1030. The molecule has 8 heteroatoms. The fourth-order valence-electron chi connectivity index (χ4n) is 3.29. The molecule has 0 aliphatic rings. The number of aliphatic hydroxyl groups is 1. The van der Waals surface area contributed by atoms with Crippen LogP contribution in [0.5, 0.6) is 0 Å². The minimum absolute atomic E-state index is 0.0207. The average Bonchev–Trinajstić information content (AvgIpc) is 2.77. The van der Waals surface area contributed by atoms with Crippen LogP contribution >= 0.6 is 0 Å². The monoisotopic (exact) mass is 429 g/mol. The average molecular weight is 429 g/mol. The number of aliphatic hydroxyl groups excluding tert-OH is 1. The fourth-order valence-corrected chi connectivity index (χ4v) is 3.29. The van der Waals surface area contributed by atoms with Crippen LogP contribution in [0.1, 0.15) is 18.4 Å². The van der Waals surface area contributed by atoms with E-state index < -0.39 is 17.7 Å². The van der Waals surface area contributed by atoms with Gasteiger partial charge in [-0.2, -0.15) is 0 Å². The Morgan fingerprint density at radius 2 is 1.97 bits per heavy atom. The van der Waals surface area contributed by atoms with Gasteiger partial charge in [-0.15, -0.1) is 0 Å². The molecule has 1 aromatic heterocycles. The minimum Gasteiger partial charge on any atom is -0.448 e. The molecule has 1 heterocycles. The zero-order valence-electron chi connectivity index (χ0n) is 17.2. The number of ether oxygens (including phenoxy) is 1. The maximum Gasteiger partial charge on any atom is 0.412 e. The molecule has 2 N–H and O–H groups in total. The predicted octanol–water partition coefficient (Wildman–Crippen LogP) is 4.33. The van der Waals surface area contributed by atoms with Gasteiger partial charge in [-0.3, -0.25) is 10.2 Å². The van der Waals surface area contributed by atoms with E-state index >= 15 is 0 Å². The van der Waals surface area contributed by atoms with Gasteiger partial charge >= 0.3 is 6.09 Å². The Hall–Kier alpha value is -3.10. The summed E-state index contributed by atoms with van der Waals surface area (Å²) in [5.74, 6) is -1.43. The predicted molar refractivity (Wildman–Crippen MR) is 115 cm³/mol. The highest BCUT2D eigenvalue weighted by Crippen LogP contribution is 2.18. The summed E-state index contributed by atoms with van der Waals surface area (Å²) in [5.41, 5.74) is 0.210. The van der Waals surface area contributed by atoms with Crippen molar-refractivity contribution >= 4 is 22.7 Å². The Labute approximate surface area is 179 Å². The zero-order chi connectivity index (χ0) is 22.2. The first-order valence-corrected chi connectivity index (χ1v) is 10.0. The van der Waals surface area contributed by atoms with Crippen LogP contribution in [-0.4, -0.2) is 47.4 Å².